The van der Waals surface area contributed by atoms with Gasteiger partial charge in [-0.25, -0.2) is 0 Å². The first kappa shape index (κ1) is 18.0. The van der Waals surface area contributed by atoms with Crippen molar-refractivity contribution in [1.29, 1.82) is 0 Å². The Morgan fingerprint density at radius 3 is 2.61 bits per heavy atom. The van der Waals surface area contributed by atoms with Crippen LogP contribution in [-0.4, -0.2) is 31.3 Å². The Morgan fingerprint density at radius 1 is 1.14 bits per heavy atom. The number of rotatable bonds is 5. The molecule has 0 saturated carbocycles. The van der Waals surface area contributed by atoms with Gasteiger partial charge in [-0.2, -0.15) is 0 Å². The fourth-order valence-electron chi connectivity index (χ4n) is 3.02. The van der Waals surface area contributed by atoms with E-state index < -0.39 is 12.2 Å². The smallest absolute Gasteiger partial charge is 0.484 e. The number of nitrogens with one attached hydrogen (secondary N) is 1. The van der Waals surface area contributed by atoms with Crippen LogP contribution in [0.1, 0.15) is 12.8 Å². The SMILES string of the molecule is O=C(COc1ccc(N2CCCC2=O)cc1)Nc1ccc2c(c1)OC(F)(F)O2. The van der Waals surface area contributed by atoms with Crippen LogP contribution in [0.15, 0.2) is 42.5 Å². The number of amides is 2. The number of fused-ring (bicyclic) bond motifs is 1. The van der Waals surface area contributed by atoms with Gasteiger partial charge in [0.1, 0.15) is 5.75 Å². The number of nitrogens with zero attached hydrogens (tertiary/aromatic N) is 1. The third-order valence-electron chi connectivity index (χ3n) is 4.28. The molecular weight excluding hydrogens is 374 g/mol. The number of benzene rings is 2. The van der Waals surface area contributed by atoms with E-state index in [1.165, 1.54) is 18.2 Å². The third kappa shape index (κ3) is 3.83. The van der Waals surface area contributed by atoms with E-state index in [2.05, 4.69) is 14.8 Å². The number of anilines is 2. The molecule has 2 heterocycles. The molecule has 2 aliphatic heterocycles. The van der Waals surface area contributed by atoms with Crippen LogP contribution >= 0.6 is 0 Å². The molecule has 146 valence electrons. The molecule has 2 amide bonds. The van der Waals surface area contributed by atoms with E-state index in [-0.39, 0.29) is 29.7 Å². The number of alkyl halides is 2. The van der Waals surface area contributed by atoms with E-state index in [1.54, 1.807) is 29.2 Å². The molecule has 28 heavy (non-hydrogen) atoms. The molecule has 4 rings (SSSR count). The van der Waals surface area contributed by atoms with Crippen LogP contribution in [0.2, 0.25) is 0 Å². The molecule has 0 aliphatic carbocycles. The largest absolute Gasteiger partial charge is 0.586 e. The molecule has 1 fully saturated rings. The topological polar surface area (TPSA) is 77.1 Å². The average molecular weight is 390 g/mol. The number of ether oxygens (including phenoxy) is 3. The molecule has 0 atom stereocenters. The van der Waals surface area contributed by atoms with Gasteiger partial charge >= 0.3 is 6.29 Å². The lowest BCUT2D eigenvalue weighted by Gasteiger charge is -2.16. The summed E-state index contributed by atoms with van der Waals surface area (Å²) in [6, 6.07) is 10.8. The Labute approximate surface area is 158 Å². The quantitative estimate of drug-likeness (QED) is 0.849. The first-order valence-electron chi connectivity index (χ1n) is 8.63. The highest BCUT2D eigenvalue weighted by molar-refractivity contribution is 5.95. The lowest BCUT2D eigenvalue weighted by atomic mass is 10.2. The van der Waals surface area contributed by atoms with Gasteiger partial charge in [-0.05, 0) is 42.8 Å². The summed E-state index contributed by atoms with van der Waals surface area (Å²) in [4.78, 5) is 25.5. The predicted molar refractivity (Wildman–Crippen MR) is 94.8 cm³/mol. The normalized spacial score (nSPS) is 16.9. The summed E-state index contributed by atoms with van der Waals surface area (Å²) < 4.78 is 40.1. The summed E-state index contributed by atoms with van der Waals surface area (Å²) in [5, 5.41) is 2.53. The molecule has 0 unspecified atom stereocenters. The Hall–Kier alpha value is -3.36. The molecule has 0 spiro atoms. The van der Waals surface area contributed by atoms with E-state index in [0.29, 0.717) is 18.7 Å². The molecule has 1 N–H and O–H groups in total. The van der Waals surface area contributed by atoms with Crippen LogP contribution in [0.4, 0.5) is 20.2 Å². The molecule has 2 aliphatic rings. The van der Waals surface area contributed by atoms with Gasteiger partial charge in [-0.1, -0.05) is 0 Å². The van der Waals surface area contributed by atoms with E-state index in [9.17, 15) is 18.4 Å². The van der Waals surface area contributed by atoms with Crippen LogP contribution < -0.4 is 24.4 Å². The second-order valence-corrected chi connectivity index (χ2v) is 6.31. The van der Waals surface area contributed by atoms with Crippen molar-refractivity contribution < 1.29 is 32.6 Å². The van der Waals surface area contributed by atoms with Crippen LogP contribution in [0.5, 0.6) is 17.2 Å². The molecule has 0 aromatic heterocycles. The maximum absolute atomic E-state index is 13.0. The van der Waals surface area contributed by atoms with E-state index in [1.807, 2.05) is 0 Å². The number of hydrogen-bond donors (Lipinski definition) is 1. The van der Waals surface area contributed by atoms with Crippen LogP contribution in [-0.2, 0) is 9.59 Å². The Morgan fingerprint density at radius 2 is 1.89 bits per heavy atom. The number of carbonyl (C=O) groups is 2. The number of hydrogen-bond acceptors (Lipinski definition) is 5. The molecule has 2 aromatic rings. The first-order valence-corrected chi connectivity index (χ1v) is 8.63. The van der Waals surface area contributed by atoms with Crippen molar-refractivity contribution in [1.82, 2.24) is 0 Å². The molecule has 0 bridgehead atoms. The van der Waals surface area contributed by atoms with E-state index in [4.69, 9.17) is 4.74 Å². The minimum absolute atomic E-state index is 0.0922. The maximum Gasteiger partial charge on any atom is 0.586 e. The summed E-state index contributed by atoms with van der Waals surface area (Å²) in [6.07, 6.45) is -2.31. The summed E-state index contributed by atoms with van der Waals surface area (Å²) in [7, 11) is 0. The van der Waals surface area contributed by atoms with E-state index >= 15 is 0 Å². The minimum atomic E-state index is -3.71. The van der Waals surface area contributed by atoms with Crippen molar-refractivity contribution >= 4 is 23.2 Å². The third-order valence-corrected chi connectivity index (χ3v) is 4.28. The summed E-state index contributed by atoms with van der Waals surface area (Å²) in [5.74, 6) is -0.165. The highest BCUT2D eigenvalue weighted by atomic mass is 19.3. The minimum Gasteiger partial charge on any atom is -0.484 e. The Kier molecular flexibility index (Phi) is 4.50. The van der Waals surface area contributed by atoms with Gasteiger partial charge in [-0.3, -0.25) is 9.59 Å². The van der Waals surface area contributed by atoms with Crippen molar-refractivity contribution in [3.05, 3.63) is 42.5 Å². The van der Waals surface area contributed by atoms with Crippen LogP contribution in [0.3, 0.4) is 0 Å². The van der Waals surface area contributed by atoms with Gasteiger partial charge in [0.05, 0.1) is 0 Å². The number of halogens is 2. The highest BCUT2D eigenvalue weighted by Crippen LogP contribution is 2.42. The van der Waals surface area contributed by atoms with Gasteiger partial charge in [0, 0.05) is 30.4 Å². The second-order valence-electron chi connectivity index (χ2n) is 6.31. The van der Waals surface area contributed by atoms with Gasteiger partial charge in [-0.15, -0.1) is 8.78 Å². The highest BCUT2D eigenvalue weighted by Gasteiger charge is 2.43. The van der Waals surface area contributed by atoms with Gasteiger partial charge < -0.3 is 24.4 Å². The molecule has 9 heteroatoms. The van der Waals surface area contributed by atoms with Crippen molar-refractivity contribution in [3.63, 3.8) is 0 Å². The molecule has 1 saturated heterocycles. The Bertz CT molecular complexity index is 917. The second kappa shape index (κ2) is 6.99. The fraction of sp³-hybridized carbons (Fsp3) is 0.263. The summed E-state index contributed by atoms with van der Waals surface area (Å²) in [5.41, 5.74) is 1.06. The zero-order chi connectivity index (χ0) is 19.7. The van der Waals surface area contributed by atoms with Crippen molar-refractivity contribution in [2.75, 3.05) is 23.4 Å². The fourth-order valence-corrected chi connectivity index (χ4v) is 3.02. The van der Waals surface area contributed by atoms with Crippen molar-refractivity contribution in [3.8, 4) is 17.2 Å². The van der Waals surface area contributed by atoms with E-state index in [0.717, 1.165) is 12.1 Å². The first-order chi connectivity index (χ1) is 13.4. The zero-order valence-electron chi connectivity index (χ0n) is 14.6. The van der Waals surface area contributed by atoms with Crippen LogP contribution in [0, 0.1) is 0 Å². The van der Waals surface area contributed by atoms with Gasteiger partial charge in [0.15, 0.2) is 18.1 Å². The van der Waals surface area contributed by atoms with Crippen LogP contribution in [0.25, 0.3) is 0 Å². The van der Waals surface area contributed by atoms with Gasteiger partial charge in [0.25, 0.3) is 5.91 Å². The summed E-state index contributed by atoms with van der Waals surface area (Å²) in [6.45, 7) is 0.426. The van der Waals surface area contributed by atoms with Gasteiger partial charge in [0.2, 0.25) is 5.91 Å². The Balaban J connectivity index is 1.31. The van der Waals surface area contributed by atoms with Crippen molar-refractivity contribution in [2.24, 2.45) is 0 Å². The monoisotopic (exact) mass is 390 g/mol. The zero-order valence-corrected chi connectivity index (χ0v) is 14.6. The maximum atomic E-state index is 13.0. The van der Waals surface area contributed by atoms with Crippen molar-refractivity contribution in [2.45, 2.75) is 19.1 Å². The lowest BCUT2D eigenvalue weighted by Crippen LogP contribution is -2.25. The molecule has 0 radical (unpaired) electrons. The average Bonchev–Trinajstić information content (AvgIpc) is 3.21. The summed E-state index contributed by atoms with van der Waals surface area (Å²) >= 11 is 0. The standard InChI is InChI=1S/C19H16F2N2O5/c20-19(21)27-15-8-3-12(10-16(15)28-19)22-17(24)11-26-14-6-4-13(5-7-14)23-9-1-2-18(23)25/h3-8,10H,1-2,9,11H2,(H,22,24). The molecular formula is C19H16F2N2O5. The molecule has 2 aromatic carbocycles. The number of carbonyl (C=O) groups excluding carboxylic acids is 2. The molecule has 7 nitrogen and oxygen atoms in total. The predicted octanol–water partition coefficient (Wildman–Crippen LogP) is 3.15. The lowest BCUT2D eigenvalue weighted by molar-refractivity contribution is -0.286.